The van der Waals surface area contributed by atoms with Gasteiger partial charge in [-0.05, 0) is 22.9 Å². The fourth-order valence-corrected chi connectivity index (χ4v) is 3.13. The van der Waals surface area contributed by atoms with Crippen molar-refractivity contribution in [1.29, 1.82) is 0 Å². The molecular formula is C18H13NO3. The summed E-state index contributed by atoms with van der Waals surface area (Å²) < 4.78 is 0. The van der Waals surface area contributed by atoms with Crippen LogP contribution in [0.5, 0.6) is 5.75 Å². The highest BCUT2D eigenvalue weighted by Crippen LogP contribution is 2.46. The van der Waals surface area contributed by atoms with E-state index in [1.807, 2.05) is 18.2 Å². The van der Waals surface area contributed by atoms with Gasteiger partial charge in [-0.25, -0.2) is 0 Å². The second-order valence-corrected chi connectivity index (χ2v) is 5.39. The number of para-hydroxylation sites is 1. The molecule has 0 saturated carbocycles. The number of hydrogen-bond acceptors (Lipinski definition) is 3. The lowest BCUT2D eigenvalue weighted by Gasteiger charge is -2.24. The molecule has 4 heteroatoms. The largest absolute Gasteiger partial charge is 0.508 e. The molecule has 1 unspecified atom stereocenters. The molecule has 1 amide bonds. The van der Waals surface area contributed by atoms with Crippen LogP contribution in [0.15, 0.2) is 60.7 Å². The van der Waals surface area contributed by atoms with Crippen LogP contribution in [0.2, 0.25) is 0 Å². The third-order valence-corrected chi connectivity index (χ3v) is 4.16. The summed E-state index contributed by atoms with van der Waals surface area (Å²) in [7, 11) is 0. The molecule has 0 bridgehead atoms. The van der Waals surface area contributed by atoms with Crippen molar-refractivity contribution in [2.75, 3.05) is 5.32 Å². The summed E-state index contributed by atoms with van der Waals surface area (Å²) in [5.74, 6) is -0.659. The lowest BCUT2D eigenvalue weighted by molar-refractivity contribution is -0.129. The number of aromatic hydroxyl groups is 1. The third-order valence-electron chi connectivity index (χ3n) is 4.16. The maximum absolute atomic E-state index is 12.5. The van der Waals surface area contributed by atoms with Gasteiger partial charge in [-0.2, -0.15) is 0 Å². The Hall–Kier alpha value is -2.85. The number of amides is 1. The van der Waals surface area contributed by atoms with Gasteiger partial charge >= 0.3 is 0 Å². The number of nitrogens with one attached hydrogen (secondary N) is 1. The van der Waals surface area contributed by atoms with Crippen molar-refractivity contribution in [3.63, 3.8) is 0 Å². The van der Waals surface area contributed by atoms with Gasteiger partial charge in [-0.15, -0.1) is 0 Å². The Morgan fingerprint density at radius 2 is 1.64 bits per heavy atom. The van der Waals surface area contributed by atoms with Gasteiger partial charge in [0.15, 0.2) is 0 Å². The van der Waals surface area contributed by atoms with Crippen LogP contribution in [0.3, 0.4) is 0 Å². The zero-order valence-electron chi connectivity index (χ0n) is 11.6. The second-order valence-electron chi connectivity index (χ2n) is 5.39. The Kier molecular flexibility index (Phi) is 2.53. The Bertz CT molecular complexity index is 919. The number of benzene rings is 3. The van der Waals surface area contributed by atoms with Crippen LogP contribution in [0.4, 0.5) is 5.69 Å². The van der Waals surface area contributed by atoms with E-state index in [0.717, 1.165) is 5.39 Å². The zero-order valence-corrected chi connectivity index (χ0v) is 11.6. The Morgan fingerprint density at radius 1 is 0.909 bits per heavy atom. The molecule has 3 aromatic carbocycles. The average Bonchev–Trinajstić information content (AvgIpc) is 2.79. The van der Waals surface area contributed by atoms with Crippen LogP contribution < -0.4 is 5.32 Å². The molecule has 0 aliphatic carbocycles. The Balaban J connectivity index is 2.11. The number of phenolic OH excluding ortho intramolecular Hbond substituents is 1. The minimum absolute atomic E-state index is 0.104. The van der Waals surface area contributed by atoms with Gasteiger partial charge in [-0.1, -0.05) is 48.5 Å². The summed E-state index contributed by atoms with van der Waals surface area (Å²) in [5.41, 5.74) is -0.677. The van der Waals surface area contributed by atoms with E-state index in [0.29, 0.717) is 16.6 Å². The molecule has 0 saturated heterocycles. The van der Waals surface area contributed by atoms with Gasteiger partial charge in [0, 0.05) is 16.8 Å². The maximum Gasteiger partial charge on any atom is 0.266 e. The van der Waals surface area contributed by atoms with Gasteiger partial charge in [0.05, 0.1) is 0 Å². The van der Waals surface area contributed by atoms with E-state index in [1.54, 1.807) is 36.4 Å². The standard InChI is InChI=1S/C18H13NO3/c20-15-10-9-11-5-1-2-6-12(11)16(15)18(22)13-7-3-4-8-14(13)19-17(18)21/h1-10,20,22H,(H,19,21). The predicted octanol–water partition coefficient (Wildman–Crippen LogP) is 2.73. The summed E-state index contributed by atoms with van der Waals surface area (Å²) >= 11 is 0. The summed E-state index contributed by atoms with van der Waals surface area (Å²) in [4.78, 5) is 12.5. The summed E-state index contributed by atoms with van der Waals surface area (Å²) in [6.45, 7) is 0. The minimum atomic E-state index is -1.90. The van der Waals surface area contributed by atoms with Crippen LogP contribution in [0.1, 0.15) is 11.1 Å². The molecule has 3 N–H and O–H groups in total. The first-order valence-corrected chi connectivity index (χ1v) is 6.97. The Labute approximate surface area is 126 Å². The van der Waals surface area contributed by atoms with E-state index in [9.17, 15) is 15.0 Å². The maximum atomic E-state index is 12.5. The highest BCUT2D eigenvalue weighted by molar-refractivity contribution is 6.10. The molecule has 0 fully saturated rings. The Morgan fingerprint density at radius 3 is 2.50 bits per heavy atom. The average molecular weight is 291 g/mol. The van der Waals surface area contributed by atoms with Crippen LogP contribution in [-0.4, -0.2) is 16.1 Å². The van der Waals surface area contributed by atoms with Gasteiger partial charge in [0.1, 0.15) is 5.75 Å². The number of carbonyl (C=O) groups is 1. The van der Waals surface area contributed by atoms with Crippen molar-refractivity contribution >= 4 is 22.4 Å². The molecule has 4 rings (SSSR count). The topological polar surface area (TPSA) is 69.6 Å². The lowest BCUT2D eigenvalue weighted by Crippen LogP contribution is -2.35. The quantitative estimate of drug-likeness (QED) is 0.645. The number of anilines is 1. The van der Waals surface area contributed by atoms with Crippen LogP contribution in [-0.2, 0) is 10.4 Å². The molecule has 22 heavy (non-hydrogen) atoms. The van der Waals surface area contributed by atoms with E-state index in [1.165, 1.54) is 6.07 Å². The normalized spacial score (nSPS) is 20.0. The van der Waals surface area contributed by atoms with Crippen molar-refractivity contribution in [1.82, 2.24) is 0 Å². The van der Waals surface area contributed by atoms with Crippen LogP contribution in [0.25, 0.3) is 10.8 Å². The van der Waals surface area contributed by atoms with E-state index >= 15 is 0 Å². The molecule has 1 aliphatic heterocycles. The van der Waals surface area contributed by atoms with Crippen molar-refractivity contribution < 1.29 is 15.0 Å². The molecule has 0 spiro atoms. The molecule has 4 nitrogen and oxygen atoms in total. The van der Waals surface area contributed by atoms with Crippen LogP contribution >= 0.6 is 0 Å². The van der Waals surface area contributed by atoms with E-state index in [-0.39, 0.29) is 11.3 Å². The lowest BCUT2D eigenvalue weighted by atomic mass is 9.84. The number of phenols is 1. The first-order chi connectivity index (χ1) is 10.6. The van der Waals surface area contributed by atoms with Gasteiger partial charge in [0.2, 0.25) is 5.60 Å². The fourth-order valence-electron chi connectivity index (χ4n) is 3.13. The number of aliphatic hydroxyl groups is 1. The van der Waals surface area contributed by atoms with Gasteiger partial charge < -0.3 is 15.5 Å². The molecular weight excluding hydrogens is 278 g/mol. The summed E-state index contributed by atoms with van der Waals surface area (Å²) in [6.07, 6.45) is 0. The number of fused-ring (bicyclic) bond motifs is 2. The first kappa shape index (κ1) is 12.9. The first-order valence-electron chi connectivity index (χ1n) is 6.97. The molecule has 108 valence electrons. The highest BCUT2D eigenvalue weighted by atomic mass is 16.3. The van der Waals surface area contributed by atoms with Crippen molar-refractivity contribution in [3.8, 4) is 5.75 Å². The van der Waals surface area contributed by atoms with Crippen LogP contribution in [0, 0.1) is 0 Å². The molecule has 0 aromatic heterocycles. The highest BCUT2D eigenvalue weighted by Gasteiger charge is 2.49. The summed E-state index contributed by atoms with van der Waals surface area (Å²) in [5, 5.41) is 25.7. The molecule has 1 heterocycles. The zero-order chi connectivity index (χ0) is 15.3. The van der Waals surface area contributed by atoms with E-state index in [4.69, 9.17) is 0 Å². The predicted molar refractivity (Wildman–Crippen MR) is 83.7 cm³/mol. The monoisotopic (exact) mass is 291 g/mol. The van der Waals surface area contributed by atoms with Gasteiger partial charge in [-0.3, -0.25) is 4.79 Å². The van der Waals surface area contributed by atoms with Crippen molar-refractivity contribution in [2.24, 2.45) is 0 Å². The molecule has 0 radical (unpaired) electrons. The number of carbonyl (C=O) groups excluding carboxylic acids is 1. The minimum Gasteiger partial charge on any atom is -0.508 e. The van der Waals surface area contributed by atoms with E-state index < -0.39 is 11.5 Å². The number of rotatable bonds is 1. The third kappa shape index (κ3) is 1.53. The SMILES string of the molecule is O=C1Nc2ccccc2C1(O)c1c(O)ccc2ccccc12. The summed E-state index contributed by atoms with van der Waals surface area (Å²) in [6, 6.07) is 17.6. The van der Waals surface area contributed by atoms with Crippen molar-refractivity contribution in [2.45, 2.75) is 5.60 Å². The fraction of sp³-hybridized carbons (Fsp3) is 0.0556. The molecule has 1 atom stereocenters. The molecule has 3 aromatic rings. The van der Waals surface area contributed by atoms with Crippen molar-refractivity contribution in [3.05, 3.63) is 71.8 Å². The number of hydrogen-bond donors (Lipinski definition) is 3. The van der Waals surface area contributed by atoms with Gasteiger partial charge in [0.25, 0.3) is 5.91 Å². The van der Waals surface area contributed by atoms with E-state index in [2.05, 4.69) is 5.32 Å². The smallest absolute Gasteiger partial charge is 0.266 e. The second kappa shape index (κ2) is 4.32. The molecule has 1 aliphatic rings.